The van der Waals surface area contributed by atoms with Gasteiger partial charge in [0.1, 0.15) is 29.5 Å². The molecule has 4 rings (SSSR count). The van der Waals surface area contributed by atoms with Crippen LogP contribution in [0.1, 0.15) is 5.56 Å². The first kappa shape index (κ1) is 27.6. The molecule has 0 saturated heterocycles. The third-order valence-corrected chi connectivity index (χ3v) is 6.95. The van der Waals surface area contributed by atoms with Gasteiger partial charge >= 0.3 is 0 Å². The van der Waals surface area contributed by atoms with Gasteiger partial charge in [-0.05, 0) is 55.5 Å². The summed E-state index contributed by atoms with van der Waals surface area (Å²) < 4.78 is 51.9. The Labute approximate surface area is 223 Å². The fourth-order valence-corrected chi connectivity index (χ4v) is 4.46. The largest absolute Gasteiger partial charge is 0.491 e. The maximum Gasteiger partial charge on any atom is 0.297 e. The Hall–Kier alpha value is -3.44. The zero-order valence-corrected chi connectivity index (χ0v) is 22.6. The normalized spacial score (nSPS) is 11.7. The molecule has 10 heteroatoms. The van der Waals surface area contributed by atoms with Gasteiger partial charge in [0.25, 0.3) is 10.1 Å². The van der Waals surface area contributed by atoms with Crippen LogP contribution in [0, 0.1) is 6.92 Å². The molecule has 9 nitrogen and oxygen atoms in total. The van der Waals surface area contributed by atoms with Gasteiger partial charge in [0.15, 0.2) is 0 Å². The van der Waals surface area contributed by atoms with E-state index in [1.165, 1.54) is 12.1 Å². The van der Waals surface area contributed by atoms with Gasteiger partial charge in [-0.3, -0.25) is 4.18 Å². The van der Waals surface area contributed by atoms with Crippen LogP contribution in [-0.2, 0) is 23.8 Å². The molecule has 0 spiro atoms. The minimum Gasteiger partial charge on any atom is -0.491 e. The number of pyridine rings is 1. The van der Waals surface area contributed by atoms with Crippen LogP contribution in [0.3, 0.4) is 0 Å². The monoisotopic (exact) mass is 540 g/mol. The van der Waals surface area contributed by atoms with E-state index in [2.05, 4.69) is 4.98 Å². The lowest BCUT2D eigenvalue weighted by molar-refractivity contribution is 0.0279. The third kappa shape index (κ3) is 7.55. The number of hydrogen-bond acceptors (Lipinski definition) is 9. The molecule has 2 heterocycles. The van der Waals surface area contributed by atoms with Crippen molar-refractivity contribution in [1.82, 2.24) is 4.98 Å². The van der Waals surface area contributed by atoms with Gasteiger partial charge in [0.05, 0.1) is 37.9 Å². The van der Waals surface area contributed by atoms with Crippen molar-refractivity contribution in [2.24, 2.45) is 0 Å². The molecule has 2 aromatic carbocycles. The highest BCUT2D eigenvalue weighted by Crippen LogP contribution is 2.30. The highest BCUT2D eigenvalue weighted by atomic mass is 32.2. The summed E-state index contributed by atoms with van der Waals surface area (Å²) in [6, 6.07) is 18.1. The molecular weight excluding hydrogens is 508 g/mol. The molecule has 0 aliphatic carbocycles. The predicted octanol–water partition coefficient (Wildman–Crippen LogP) is 4.69. The van der Waals surface area contributed by atoms with Gasteiger partial charge < -0.3 is 23.5 Å². The van der Waals surface area contributed by atoms with E-state index in [0.717, 1.165) is 39.4 Å². The summed E-state index contributed by atoms with van der Waals surface area (Å²) in [5, 5.41) is 0.940. The van der Waals surface area contributed by atoms with Crippen LogP contribution in [-0.4, -0.2) is 67.1 Å². The van der Waals surface area contributed by atoms with Crippen LogP contribution in [0.4, 0.5) is 5.82 Å². The molecule has 0 saturated carbocycles. The van der Waals surface area contributed by atoms with Gasteiger partial charge in [-0.1, -0.05) is 17.7 Å². The fourth-order valence-electron chi connectivity index (χ4n) is 3.57. The third-order valence-electron chi connectivity index (χ3n) is 5.62. The molecule has 2 aromatic heterocycles. The molecule has 0 fully saturated rings. The van der Waals surface area contributed by atoms with Crippen LogP contribution in [0.25, 0.3) is 22.3 Å². The van der Waals surface area contributed by atoms with E-state index in [0.29, 0.717) is 26.4 Å². The Morgan fingerprint density at radius 3 is 2.24 bits per heavy atom. The lowest BCUT2D eigenvalue weighted by atomic mass is 10.2. The first-order chi connectivity index (χ1) is 18.3. The number of hydrogen-bond donors (Lipinski definition) is 0. The highest BCUT2D eigenvalue weighted by Gasteiger charge is 2.14. The van der Waals surface area contributed by atoms with Gasteiger partial charge in [0, 0.05) is 31.2 Å². The fraction of sp³-hybridized carbons (Fsp3) is 0.321. The zero-order valence-electron chi connectivity index (χ0n) is 21.8. The van der Waals surface area contributed by atoms with Crippen molar-refractivity contribution in [3.63, 3.8) is 0 Å². The number of anilines is 1. The second-order valence-electron chi connectivity index (χ2n) is 8.77. The molecule has 0 aliphatic heterocycles. The number of rotatable bonds is 14. The molecule has 0 aliphatic rings. The van der Waals surface area contributed by atoms with Crippen molar-refractivity contribution in [1.29, 1.82) is 0 Å². The van der Waals surface area contributed by atoms with Crippen LogP contribution in [0.5, 0.6) is 5.75 Å². The van der Waals surface area contributed by atoms with Gasteiger partial charge in [-0.15, -0.1) is 0 Å². The lowest BCUT2D eigenvalue weighted by Gasteiger charge is -2.10. The molecule has 38 heavy (non-hydrogen) atoms. The molecular formula is C28H32N2O7S. The van der Waals surface area contributed by atoms with Crippen LogP contribution in [0.2, 0.25) is 0 Å². The summed E-state index contributed by atoms with van der Waals surface area (Å²) in [5.74, 6) is 2.35. The standard InChI is InChI=1S/C28H32N2O7S/c1-21-4-8-25(9-5-21)38(31,32)36-17-15-34-13-12-33-14-16-35-24-7-10-26-23(18-24)19-27(37-26)22-6-11-28(29-20-22)30(2)3/h4-11,18-20H,12-17H2,1-3H3. The first-order valence-electron chi connectivity index (χ1n) is 12.2. The Balaban J connectivity index is 1.12. The smallest absolute Gasteiger partial charge is 0.297 e. The maximum absolute atomic E-state index is 12.1. The van der Waals surface area contributed by atoms with Gasteiger partial charge in [0.2, 0.25) is 0 Å². The first-order valence-corrected chi connectivity index (χ1v) is 13.6. The quantitative estimate of drug-likeness (QED) is 0.167. The van der Waals surface area contributed by atoms with Crippen LogP contribution < -0.4 is 9.64 Å². The molecule has 4 aromatic rings. The summed E-state index contributed by atoms with van der Waals surface area (Å²) in [6.07, 6.45) is 1.80. The van der Waals surface area contributed by atoms with E-state index in [1.54, 1.807) is 18.3 Å². The second kappa shape index (κ2) is 12.9. The molecule has 0 atom stereocenters. The van der Waals surface area contributed by atoms with Gasteiger partial charge in [-0.2, -0.15) is 8.42 Å². The topological polar surface area (TPSA) is 100 Å². The summed E-state index contributed by atoms with van der Waals surface area (Å²) in [4.78, 5) is 6.52. The van der Waals surface area contributed by atoms with Crippen molar-refractivity contribution in [2.75, 3.05) is 58.6 Å². The molecule has 202 valence electrons. The van der Waals surface area contributed by atoms with Crippen molar-refractivity contribution in [3.8, 4) is 17.1 Å². The Kier molecular flexibility index (Phi) is 9.35. The molecule has 0 amide bonds. The maximum atomic E-state index is 12.1. The predicted molar refractivity (Wildman–Crippen MR) is 145 cm³/mol. The van der Waals surface area contributed by atoms with E-state index < -0.39 is 10.1 Å². The van der Waals surface area contributed by atoms with Crippen molar-refractivity contribution in [3.05, 3.63) is 72.4 Å². The number of nitrogens with zero attached hydrogens (tertiary/aromatic N) is 2. The average molecular weight is 541 g/mol. The average Bonchev–Trinajstić information content (AvgIpc) is 3.33. The molecule has 0 unspecified atom stereocenters. The van der Waals surface area contributed by atoms with E-state index in [4.69, 9.17) is 22.8 Å². The van der Waals surface area contributed by atoms with Gasteiger partial charge in [-0.25, -0.2) is 4.98 Å². The molecule has 0 N–H and O–H groups in total. The number of aromatic nitrogens is 1. The Bertz CT molecular complexity index is 1420. The zero-order chi connectivity index (χ0) is 27.0. The second-order valence-corrected chi connectivity index (χ2v) is 10.4. The number of furan rings is 1. The van der Waals surface area contributed by atoms with Crippen molar-refractivity contribution >= 4 is 26.9 Å². The Morgan fingerprint density at radius 1 is 0.842 bits per heavy atom. The van der Waals surface area contributed by atoms with Crippen molar-refractivity contribution in [2.45, 2.75) is 11.8 Å². The molecule has 0 radical (unpaired) electrons. The van der Waals surface area contributed by atoms with E-state index in [-0.39, 0.29) is 18.1 Å². The number of ether oxygens (including phenoxy) is 3. The van der Waals surface area contributed by atoms with E-state index in [1.807, 2.05) is 62.3 Å². The van der Waals surface area contributed by atoms with Crippen LogP contribution in [0.15, 0.2) is 76.2 Å². The minimum atomic E-state index is -3.78. The summed E-state index contributed by atoms with van der Waals surface area (Å²) >= 11 is 0. The molecule has 0 bridgehead atoms. The van der Waals surface area contributed by atoms with E-state index >= 15 is 0 Å². The van der Waals surface area contributed by atoms with Crippen LogP contribution >= 0.6 is 0 Å². The summed E-state index contributed by atoms with van der Waals surface area (Å²) in [7, 11) is 0.121. The van der Waals surface area contributed by atoms with E-state index in [9.17, 15) is 8.42 Å². The number of benzene rings is 2. The number of aryl methyl sites for hydroxylation is 1. The lowest BCUT2D eigenvalue weighted by Crippen LogP contribution is -2.14. The summed E-state index contributed by atoms with van der Waals surface area (Å²) in [5.41, 5.74) is 2.66. The SMILES string of the molecule is Cc1ccc(S(=O)(=O)OCCOCCOCCOc2ccc3oc(-c4ccc(N(C)C)nc4)cc3c2)cc1. The highest BCUT2D eigenvalue weighted by molar-refractivity contribution is 7.86. The minimum absolute atomic E-state index is 0.0601. The Morgan fingerprint density at radius 2 is 1.55 bits per heavy atom. The summed E-state index contributed by atoms with van der Waals surface area (Å²) in [6.45, 7) is 3.42. The number of fused-ring (bicyclic) bond motifs is 1. The van der Waals surface area contributed by atoms with Crippen molar-refractivity contribution < 1.29 is 31.2 Å².